The molecule has 3 N–H and O–H groups in total. The number of rotatable bonds is 10. The lowest BCUT2D eigenvalue weighted by molar-refractivity contribution is -0.130. The van der Waals surface area contributed by atoms with Gasteiger partial charge in [0.2, 0.25) is 11.8 Å². The van der Waals surface area contributed by atoms with Crippen molar-refractivity contribution in [1.29, 1.82) is 0 Å². The first-order valence-corrected chi connectivity index (χ1v) is 6.85. The first kappa shape index (κ1) is 17.9. The molecule has 0 aliphatic carbocycles. The van der Waals surface area contributed by atoms with E-state index in [0.29, 0.717) is 19.6 Å². The van der Waals surface area contributed by atoms with Gasteiger partial charge in [-0.1, -0.05) is 12.1 Å². The highest BCUT2D eigenvalue weighted by molar-refractivity contribution is 5.87. The van der Waals surface area contributed by atoms with Crippen molar-refractivity contribution in [3.8, 4) is 5.75 Å². The second-order valence-corrected chi connectivity index (χ2v) is 4.62. The zero-order chi connectivity index (χ0) is 16.4. The van der Waals surface area contributed by atoms with Gasteiger partial charge in [0.1, 0.15) is 18.4 Å². The number of hydrogen-bond acceptors (Lipinski definition) is 5. The highest BCUT2D eigenvalue weighted by Crippen LogP contribution is 2.12. The maximum Gasteiger partial charge on any atom is 0.246 e. The highest BCUT2D eigenvalue weighted by atomic mass is 16.5. The summed E-state index contributed by atoms with van der Waals surface area (Å²) in [5.74, 6) is -0.274. The molecule has 0 spiro atoms. The Hall–Kier alpha value is -2.12. The number of hydrogen-bond donors (Lipinski definition) is 2. The van der Waals surface area contributed by atoms with E-state index < -0.39 is 17.9 Å². The van der Waals surface area contributed by atoms with Crippen molar-refractivity contribution < 1.29 is 23.8 Å². The SMILES string of the molecule is COCCOCC(=O)N[C@H](Cc1ccc(OC)cc1)C(N)=O. The molecule has 1 atom stereocenters. The Morgan fingerprint density at radius 3 is 2.41 bits per heavy atom. The molecule has 0 bridgehead atoms. The van der Waals surface area contributed by atoms with Gasteiger partial charge in [-0.3, -0.25) is 9.59 Å². The van der Waals surface area contributed by atoms with Gasteiger partial charge in [-0.15, -0.1) is 0 Å². The Morgan fingerprint density at radius 1 is 1.18 bits per heavy atom. The average molecular weight is 310 g/mol. The maximum absolute atomic E-state index is 11.7. The molecule has 1 aromatic carbocycles. The first-order valence-electron chi connectivity index (χ1n) is 6.85. The molecule has 7 nitrogen and oxygen atoms in total. The van der Waals surface area contributed by atoms with E-state index in [9.17, 15) is 9.59 Å². The van der Waals surface area contributed by atoms with Crippen LogP contribution in [0.15, 0.2) is 24.3 Å². The molecule has 0 radical (unpaired) electrons. The van der Waals surface area contributed by atoms with Crippen LogP contribution in [-0.2, 0) is 25.5 Å². The predicted octanol–water partition coefficient (Wildman–Crippen LogP) is -0.129. The molecule has 22 heavy (non-hydrogen) atoms. The van der Waals surface area contributed by atoms with Gasteiger partial charge >= 0.3 is 0 Å². The molecule has 2 amide bonds. The minimum Gasteiger partial charge on any atom is -0.497 e. The fourth-order valence-corrected chi connectivity index (χ4v) is 1.76. The summed E-state index contributed by atoms with van der Waals surface area (Å²) in [6, 6.07) is 6.41. The van der Waals surface area contributed by atoms with E-state index in [0.717, 1.165) is 11.3 Å². The number of methoxy groups -OCH3 is 2. The first-order chi connectivity index (χ1) is 10.6. The molecular weight excluding hydrogens is 288 g/mol. The third-order valence-corrected chi connectivity index (χ3v) is 2.94. The number of benzene rings is 1. The second-order valence-electron chi connectivity index (χ2n) is 4.62. The summed E-state index contributed by atoms with van der Waals surface area (Å²) < 4.78 is 15.0. The molecule has 122 valence electrons. The van der Waals surface area contributed by atoms with E-state index in [1.807, 2.05) is 12.1 Å². The van der Waals surface area contributed by atoms with Crippen molar-refractivity contribution in [2.24, 2.45) is 5.73 Å². The number of ether oxygens (including phenoxy) is 3. The molecule has 0 saturated carbocycles. The van der Waals surface area contributed by atoms with Crippen LogP contribution in [0.3, 0.4) is 0 Å². The molecule has 1 rings (SSSR count). The molecule has 0 fully saturated rings. The normalized spacial score (nSPS) is 11.7. The number of carbonyl (C=O) groups is 2. The maximum atomic E-state index is 11.7. The number of nitrogens with two attached hydrogens (primary N) is 1. The van der Waals surface area contributed by atoms with Crippen LogP contribution in [0.5, 0.6) is 5.75 Å². The lowest BCUT2D eigenvalue weighted by atomic mass is 10.1. The third kappa shape index (κ3) is 6.55. The summed E-state index contributed by atoms with van der Waals surface area (Å²) in [7, 11) is 3.12. The standard InChI is InChI=1S/C15H22N2O5/c1-20-7-8-22-10-14(18)17-13(15(16)19)9-11-3-5-12(21-2)6-4-11/h3-6,13H,7-10H2,1-2H3,(H2,16,19)(H,17,18)/t13-/m1/s1. The van der Waals surface area contributed by atoms with E-state index in [2.05, 4.69) is 5.32 Å². The van der Waals surface area contributed by atoms with Crippen LogP contribution in [0.1, 0.15) is 5.56 Å². The molecule has 7 heteroatoms. The topological polar surface area (TPSA) is 99.9 Å². The largest absolute Gasteiger partial charge is 0.497 e. The van der Waals surface area contributed by atoms with Gasteiger partial charge in [-0.05, 0) is 17.7 Å². The van der Waals surface area contributed by atoms with Gasteiger partial charge in [-0.2, -0.15) is 0 Å². The van der Waals surface area contributed by atoms with Gasteiger partial charge in [0.05, 0.1) is 20.3 Å². The summed E-state index contributed by atoms with van der Waals surface area (Å²) in [4.78, 5) is 23.2. The molecule has 0 aromatic heterocycles. The Kier molecular flexibility index (Phi) is 7.95. The molecule has 0 unspecified atom stereocenters. The van der Waals surface area contributed by atoms with Crippen molar-refractivity contribution in [2.45, 2.75) is 12.5 Å². The van der Waals surface area contributed by atoms with Crippen molar-refractivity contribution in [3.05, 3.63) is 29.8 Å². The minimum atomic E-state index is -0.785. The molecule has 0 aliphatic heterocycles. The van der Waals surface area contributed by atoms with Gasteiger partial charge in [0, 0.05) is 13.5 Å². The lowest BCUT2D eigenvalue weighted by Gasteiger charge is -2.16. The van der Waals surface area contributed by atoms with Crippen LogP contribution in [0.4, 0.5) is 0 Å². The van der Waals surface area contributed by atoms with E-state index in [-0.39, 0.29) is 6.61 Å². The minimum absolute atomic E-state index is 0.143. The van der Waals surface area contributed by atoms with Crippen molar-refractivity contribution >= 4 is 11.8 Å². The molecular formula is C15H22N2O5. The number of nitrogens with one attached hydrogen (secondary N) is 1. The fraction of sp³-hybridized carbons (Fsp3) is 0.467. The summed E-state index contributed by atoms with van der Waals surface area (Å²) in [5, 5.41) is 2.56. The van der Waals surface area contributed by atoms with Gasteiger partial charge in [-0.25, -0.2) is 0 Å². The number of carbonyl (C=O) groups excluding carboxylic acids is 2. The lowest BCUT2D eigenvalue weighted by Crippen LogP contribution is -2.47. The van der Waals surface area contributed by atoms with Crippen LogP contribution < -0.4 is 15.8 Å². The monoisotopic (exact) mass is 310 g/mol. The quantitative estimate of drug-likeness (QED) is 0.586. The summed E-state index contributed by atoms with van der Waals surface area (Å²) in [5.41, 5.74) is 6.19. The van der Waals surface area contributed by atoms with Gasteiger partial charge in [0.25, 0.3) is 0 Å². The average Bonchev–Trinajstić information content (AvgIpc) is 2.51. The predicted molar refractivity (Wildman–Crippen MR) is 80.5 cm³/mol. The molecule has 1 aromatic rings. The molecule has 0 saturated heterocycles. The van der Waals surface area contributed by atoms with Crippen LogP contribution in [0, 0.1) is 0 Å². The summed E-state index contributed by atoms with van der Waals surface area (Å²) in [6.07, 6.45) is 0.309. The van der Waals surface area contributed by atoms with E-state index in [1.54, 1.807) is 26.4 Å². The highest BCUT2D eigenvalue weighted by Gasteiger charge is 2.18. The Bertz CT molecular complexity index is 475. The summed E-state index contributed by atoms with van der Waals surface area (Å²) >= 11 is 0. The number of amides is 2. The van der Waals surface area contributed by atoms with Crippen molar-refractivity contribution in [1.82, 2.24) is 5.32 Å². The van der Waals surface area contributed by atoms with E-state index in [1.165, 1.54) is 0 Å². The van der Waals surface area contributed by atoms with Gasteiger partial charge in [0.15, 0.2) is 0 Å². The Balaban J connectivity index is 2.50. The van der Waals surface area contributed by atoms with Crippen LogP contribution in [-0.4, -0.2) is 51.9 Å². The molecule has 0 heterocycles. The Morgan fingerprint density at radius 2 is 1.86 bits per heavy atom. The zero-order valence-corrected chi connectivity index (χ0v) is 12.8. The van der Waals surface area contributed by atoms with Crippen LogP contribution in [0.2, 0.25) is 0 Å². The molecule has 0 aliphatic rings. The van der Waals surface area contributed by atoms with Crippen LogP contribution >= 0.6 is 0 Å². The zero-order valence-electron chi connectivity index (χ0n) is 12.8. The van der Waals surface area contributed by atoms with E-state index in [4.69, 9.17) is 19.9 Å². The van der Waals surface area contributed by atoms with Gasteiger partial charge < -0.3 is 25.3 Å². The third-order valence-electron chi connectivity index (χ3n) is 2.94. The van der Waals surface area contributed by atoms with Crippen molar-refractivity contribution in [2.75, 3.05) is 34.0 Å². The second kappa shape index (κ2) is 9.75. The fourth-order valence-electron chi connectivity index (χ4n) is 1.76. The summed E-state index contributed by atoms with van der Waals surface area (Å²) in [6.45, 7) is 0.567. The Labute approximate surface area is 129 Å². The van der Waals surface area contributed by atoms with Crippen molar-refractivity contribution in [3.63, 3.8) is 0 Å². The van der Waals surface area contributed by atoms with Crippen LogP contribution in [0.25, 0.3) is 0 Å². The van der Waals surface area contributed by atoms with E-state index >= 15 is 0 Å². The smallest absolute Gasteiger partial charge is 0.246 e. The number of primary amides is 1.